The van der Waals surface area contributed by atoms with E-state index >= 15 is 0 Å². The Kier molecular flexibility index (Phi) is 6.41. The second-order valence-corrected chi connectivity index (χ2v) is 6.64. The number of aliphatic carboxylic acids is 1. The van der Waals surface area contributed by atoms with Crippen molar-refractivity contribution in [2.75, 3.05) is 20.6 Å². The second kappa shape index (κ2) is 7.60. The Bertz CT molecular complexity index is 452. The highest BCUT2D eigenvalue weighted by Crippen LogP contribution is 2.35. The predicted octanol–water partition coefficient (Wildman–Crippen LogP) is 4.05. The highest BCUT2D eigenvalue weighted by molar-refractivity contribution is 5.77. The van der Waals surface area contributed by atoms with Gasteiger partial charge >= 0.3 is 5.97 Å². The number of nitrogens with zero attached hydrogens (tertiary/aromatic N) is 1. The summed E-state index contributed by atoms with van der Waals surface area (Å²) < 4.78 is 0. The zero-order chi connectivity index (χ0) is 16.2. The molecule has 3 nitrogen and oxygen atoms in total. The normalized spacial score (nSPS) is 13.2. The molecule has 3 heteroatoms. The third-order valence-electron chi connectivity index (χ3n) is 3.93. The van der Waals surface area contributed by atoms with E-state index < -0.39 is 11.9 Å². The molecule has 118 valence electrons. The lowest BCUT2D eigenvalue weighted by Crippen LogP contribution is -2.22. The van der Waals surface area contributed by atoms with Gasteiger partial charge < -0.3 is 10.0 Å². The van der Waals surface area contributed by atoms with Crippen molar-refractivity contribution >= 4 is 5.97 Å². The van der Waals surface area contributed by atoms with Crippen LogP contribution in [0.1, 0.15) is 68.6 Å². The number of carbonyl (C=O) groups is 1. The van der Waals surface area contributed by atoms with Gasteiger partial charge in [-0.1, -0.05) is 45.9 Å². The fourth-order valence-electron chi connectivity index (χ4n) is 2.79. The van der Waals surface area contributed by atoms with Gasteiger partial charge in [-0.2, -0.15) is 0 Å². The van der Waals surface area contributed by atoms with Crippen molar-refractivity contribution in [1.82, 2.24) is 4.90 Å². The van der Waals surface area contributed by atoms with Crippen LogP contribution in [0.2, 0.25) is 0 Å². The first-order valence-corrected chi connectivity index (χ1v) is 7.75. The summed E-state index contributed by atoms with van der Waals surface area (Å²) in [5, 5.41) is 9.73. The number of benzene rings is 1. The SMILES string of the molecule is CC(C)c1cccc(C(C)C)c1C(CCN(C)C)C(=O)O. The molecule has 0 aromatic heterocycles. The third-order valence-corrected chi connectivity index (χ3v) is 3.93. The van der Waals surface area contributed by atoms with Crippen LogP contribution in [-0.2, 0) is 4.79 Å². The van der Waals surface area contributed by atoms with E-state index in [2.05, 4.69) is 45.9 Å². The molecule has 21 heavy (non-hydrogen) atoms. The zero-order valence-corrected chi connectivity index (χ0v) is 14.2. The molecule has 1 aromatic carbocycles. The van der Waals surface area contributed by atoms with E-state index in [0.717, 1.165) is 12.1 Å². The molecular formula is C18H29NO2. The monoisotopic (exact) mass is 291 g/mol. The Labute approximate surface area is 129 Å². The molecular weight excluding hydrogens is 262 g/mol. The van der Waals surface area contributed by atoms with Gasteiger partial charge in [-0.3, -0.25) is 4.79 Å². The van der Waals surface area contributed by atoms with Crippen LogP contribution in [0.15, 0.2) is 18.2 Å². The van der Waals surface area contributed by atoms with E-state index in [1.807, 2.05) is 19.0 Å². The molecule has 1 N–H and O–H groups in total. The molecule has 0 radical (unpaired) electrons. The smallest absolute Gasteiger partial charge is 0.311 e. The van der Waals surface area contributed by atoms with Crippen LogP contribution in [-0.4, -0.2) is 36.6 Å². The van der Waals surface area contributed by atoms with Crippen LogP contribution >= 0.6 is 0 Å². The number of hydrogen-bond donors (Lipinski definition) is 1. The summed E-state index contributed by atoms with van der Waals surface area (Å²) in [5.74, 6) is -0.477. The van der Waals surface area contributed by atoms with Gasteiger partial charge in [0, 0.05) is 0 Å². The van der Waals surface area contributed by atoms with Crippen molar-refractivity contribution in [2.45, 2.75) is 51.9 Å². The molecule has 0 saturated heterocycles. The standard InChI is InChI=1S/C18H29NO2/c1-12(2)14-8-7-9-15(13(3)4)17(14)16(18(20)21)10-11-19(5)6/h7-9,12-13,16H,10-11H2,1-6H3,(H,20,21). The Morgan fingerprint density at radius 3 is 1.90 bits per heavy atom. The van der Waals surface area contributed by atoms with Gasteiger partial charge in [0.15, 0.2) is 0 Å². The van der Waals surface area contributed by atoms with Crippen LogP contribution in [0.5, 0.6) is 0 Å². The summed E-state index contributed by atoms with van der Waals surface area (Å²) in [7, 11) is 3.97. The molecule has 1 rings (SSSR count). The van der Waals surface area contributed by atoms with Crippen molar-refractivity contribution in [3.05, 3.63) is 34.9 Å². The molecule has 0 spiro atoms. The third kappa shape index (κ3) is 4.57. The molecule has 1 atom stereocenters. The summed E-state index contributed by atoms with van der Waals surface area (Å²) in [6, 6.07) is 6.22. The highest BCUT2D eigenvalue weighted by Gasteiger charge is 2.27. The predicted molar refractivity (Wildman–Crippen MR) is 88.2 cm³/mol. The van der Waals surface area contributed by atoms with Crippen LogP contribution in [0.25, 0.3) is 0 Å². The van der Waals surface area contributed by atoms with E-state index in [9.17, 15) is 9.90 Å². The Morgan fingerprint density at radius 1 is 1.10 bits per heavy atom. The first kappa shape index (κ1) is 17.7. The van der Waals surface area contributed by atoms with Gasteiger partial charge in [0.2, 0.25) is 0 Å². The number of rotatable bonds is 7. The molecule has 1 aromatic rings. The van der Waals surface area contributed by atoms with Crippen molar-refractivity contribution in [2.24, 2.45) is 0 Å². The van der Waals surface area contributed by atoms with Crippen LogP contribution in [0.4, 0.5) is 0 Å². The summed E-state index contributed by atoms with van der Waals surface area (Å²) >= 11 is 0. The fraction of sp³-hybridized carbons (Fsp3) is 0.611. The van der Waals surface area contributed by atoms with Gasteiger partial charge in [0.05, 0.1) is 5.92 Å². The van der Waals surface area contributed by atoms with Gasteiger partial charge in [-0.05, 0) is 55.6 Å². The molecule has 0 amide bonds. The summed E-state index contributed by atoms with van der Waals surface area (Å²) in [6.45, 7) is 9.31. The first-order valence-electron chi connectivity index (χ1n) is 7.75. The highest BCUT2D eigenvalue weighted by atomic mass is 16.4. The van der Waals surface area contributed by atoms with E-state index in [0.29, 0.717) is 18.3 Å². The summed E-state index contributed by atoms with van der Waals surface area (Å²) in [4.78, 5) is 13.9. The molecule has 0 fully saturated rings. The fourth-order valence-corrected chi connectivity index (χ4v) is 2.79. The van der Waals surface area contributed by atoms with E-state index in [1.54, 1.807) is 0 Å². The minimum Gasteiger partial charge on any atom is -0.481 e. The first-order chi connectivity index (χ1) is 9.75. The average molecular weight is 291 g/mol. The molecule has 0 bridgehead atoms. The topological polar surface area (TPSA) is 40.5 Å². The van der Waals surface area contributed by atoms with Crippen LogP contribution in [0.3, 0.4) is 0 Å². The maximum Gasteiger partial charge on any atom is 0.311 e. The average Bonchev–Trinajstić information content (AvgIpc) is 2.37. The molecule has 0 aliphatic rings. The summed E-state index contributed by atoms with van der Waals surface area (Å²) in [6.07, 6.45) is 0.645. The lowest BCUT2D eigenvalue weighted by atomic mass is 9.80. The quantitative estimate of drug-likeness (QED) is 0.823. The largest absolute Gasteiger partial charge is 0.481 e. The lowest BCUT2D eigenvalue weighted by molar-refractivity contribution is -0.139. The zero-order valence-electron chi connectivity index (χ0n) is 14.2. The minimum absolute atomic E-state index is 0.333. The van der Waals surface area contributed by atoms with Crippen molar-refractivity contribution < 1.29 is 9.90 Å². The van der Waals surface area contributed by atoms with Crippen molar-refractivity contribution in [1.29, 1.82) is 0 Å². The van der Waals surface area contributed by atoms with Gasteiger partial charge in [0.1, 0.15) is 0 Å². The number of hydrogen-bond acceptors (Lipinski definition) is 2. The molecule has 0 aliphatic carbocycles. The van der Waals surface area contributed by atoms with E-state index in [1.165, 1.54) is 11.1 Å². The molecule has 1 unspecified atom stereocenters. The number of carboxylic acids is 1. The Balaban J connectivity index is 3.36. The summed E-state index contributed by atoms with van der Waals surface area (Å²) in [5.41, 5.74) is 3.39. The number of carboxylic acid groups (broad SMARTS) is 1. The molecule has 0 heterocycles. The maximum atomic E-state index is 11.8. The van der Waals surface area contributed by atoms with Crippen molar-refractivity contribution in [3.63, 3.8) is 0 Å². The van der Waals surface area contributed by atoms with Crippen LogP contribution < -0.4 is 0 Å². The Morgan fingerprint density at radius 2 is 1.57 bits per heavy atom. The Hall–Kier alpha value is -1.35. The molecule has 0 aliphatic heterocycles. The van der Waals surface area contributed by atoms with Gasteiger partial charge in [0.25, 0.3) is 0 Å². The van der Waals surface area contributed by atoms with Gasteiger partial charge in [-0.15, -0.1) is 0 Å². The lowest BCUT2D eigenvalue weighted by Gasteiger charge is -2.25. The van der Waals surface area contributed by atoms with Crippen LogP contribution in [0, 0.1) is 0 Å². The van der Waals surface area contributed by atoms with E-state index in [-0.39, 0.29) is 0 Å². The van der Waals surface area contributed by atoms with Crippen molar-refractivity contribution in [3.8, 4) is 0 Å². The van der Waals surface area contributed by atoms with E-state index in [4.69, 9.17) is 0 Å². The maximum absolute atomic E-state index is 11.8. The minimum atomic E-state index is -0.716. The molecule has 0 saturated carbocycles. The van der Waals surface area contributed by atoms with Gasteiger partial charge in [-0.25, -0.2) is 0 Å². The second-order valence-electron chi connectivity index (χ2n) is 6.64.